The number of nitrogens with zero attached hydrogens (tertiary/aromatic N) is 1. The SMILES string of the molecule is CCOc1cc([C@@H]2NC(=O)NC(C)=C2C(=O)OC)ccc1OC[C@@H](O)N/N=C/c1cc(Br)cc(I)c1OCc1ccc(Cl)c(Cl)c1. The molecule has 0 unspecified atom stereocenters. The molecule has 15 heteroatoms. The maximum atomic E-state index is 12.5. The number of hydrogen-bond donors (Lipinski definition) is 4. The highest BCUT2D eigenvalue weighted by atomic mass is 127. The molecule has 11 nitrogen and oxygen atoms in total. The number of amides is 2. The Hall–Kier alpha value is -3.24. The van der Waals surface area contributed by atoms with E-state index in [0.717, 1.165) is 13.6 Å². The van der Waals surface area contributed by atoms with Crippen molar-refractivity contribution in [3.8, 4) is 17.2 Å². The summed E-state index contributed by atoms with van der Waals surface area (Å²) in [5, 5.41) is 21.0. The molecule has 244 valence electrons. The Morgan fingerprint density at radius 2 is 1.91 bits per heavy atom. The van der Waals surface area contributed by atoms with E-state index in [2.05, 4.69) is 59.7 Å². The quantitative estimate of drug-likeness (QED) is 0.0506. The van der Waals surface area contributed by atoms with Crippen LogP contribution < -0.4 is 30.3 Å². The van der Waals surface area contributed by atoms with E-state index >= 15 is 0 Å². The first-order valence-electron chi connectivity index (χ1n) is 13.8. The van der Waals surface area contributed by atoms with Crippen LogP contribution in [-0.2, 0) is 16.1 Å². The van der Waals surface area contributed by atoms with Crippen LogP contribution in [0.4, 0.5) is 4.79 Å². The number of esters is 1. The number of halogens is 4. The molecule has 0 saturated carbocycles. The zero-order valence-electron chi connectivity index (χ0n) is 24.8. The summed E-state index contributed by atoms with van der Waals surface area (Å²) >= 11 is 17.8. The van der Waals surface area contributed by atoms with Crippen LogP contribution in [0.5, 0.6) is 17.2 Å². The van der Waals surface area contributed by atoms with Crippen LogP contribution >= 0.6 is 61.7 Å². The third-order valence-electron chi connectivity index (χ3n) is 6.50. The number of aliphatic hydroxyl groups excluding tert-OH is 1. The van der Waals surface area contributed by atoms with E-state index in [1.165, 1.54) is 13.3 Å². The molecule has 1 aliphatic rings. The predicted molar refractivity (Wildman–Crippen MR) is 187 cm³/mol. The second kappa shape index (κ2) is 16.5. The topological polar surface area (TPSA) is 140 Å². The predicted octanol–water partition coefficient (Wildman–Crippen LogP) is 6.46. The van der Waals surface area contributed by atoms with E-state index in [1.54, 1.807) is 37.3 Å². The van der Waals surface area contributed by atoms with Crippen molar-refractivity contribution in [1.82, 2.24) is 16.1 Å². The molecule has 0 bridgehead atoms. The highest BCUT2D eigenvalue weighted by Crippen LogP contribution is 2.35. The van der Waals surface area contributed by atoms with Crippen molar-refractivity contribution in [1.29, 1.82) is 0 Å². The Kier molecular flexibility index (Phi) is 12.8. The molecule has 46 heavy (non-hydrogen) atoms. The number of allylic oxidation sites excluding steroid dienone is 1. The maximum Gasteiger partial charge on any atom is 0.337 e. The number of ether oxygens (including phenoxy) is 4. The van der Waals surface area contributed by atoms with Gasteiger partial charge in [0.05, 0.1) is 45.2 Å². The summed E-state index contributed by atoms with van der Waals surface area (Å²) < 4.78 is 24.3. The standard InChI is InChI=1S/C31H30BrCl2IN4O7/c1-4-44-25-11-18(28-27(30(41)43-3)16(2)37-31(42)38-28)6-8-24(25)45-15-26(40)39-36-13-19-10-20(32)12-23(35)29(19)46-14-17-5-7-21(33)22(34)9-17/h5-13,26,28,39-40H,4,14-15H2,1-3H3,(H2,37,38,42)/b36-13+/t26-,28+/m1/s1. The van der Waals surface area contributed by atoms with Crippen LogP contribution in [-0.4, -0.2) is 49.9 Å². The lowest BCUT2D eigenvalue weighted by atomic mass is 9.95. The summed E-state index contributed by atoms with van der Waals surface area (Å²) in [6, 6.07) is 12.8. The van der Waals surface area contributed by atoms with Crippen LogP contribution in [0.2, 0.25) is 10.0 Å². The number of methoxy groups -OCH3 is 1. The average molecular weight is 848 g/mol. The molecule has 4 N–H and O–H groups in total. The Bertz CT molecular complexity index is 1670. The summed E-state index contributed by atoms with van der Waals surface area (Å²) in [5.41, 5.74) is 5.38. The van der Waals surface area contributed by atoms with E-state index in [9.17, 15) is 14.7 Å². The molecule has 0 saturated heterocycles. The van der Waals surface area contributed by atoms with Gasteiger partial charge in [0.2, 0.25) is 0 Å². The molecular formula is C31H30BrCl2IN4O7. The van der Waals surface area contributed by atoms with E-state index in [-0.39, 0.29) is 18.8 Å². The third-order valence-corrected chi connectivity index (χ3v) is 8.50. The molecule has 0 spiro atoms. The number of urea groups is 1. The van der Waals surface area contributed by atoms with Crippen molar-refractivity contribution in [3.05, 3.63) is 94.6 Å². The van der Waals surface area contributed by atoms with Gasteiger partial charge < -0.3 is 34.7 Å². The van der Waals surface area contributed by atoms with Gasteiger partial charge in [0.1, 0.15) is 19.0 Å². The van der Waals surface area contributed by atoms with Gasteiger partial charge in [0, 0.05) is 15.7 Å². The molecule has 0 aliphatic carbocycles. The summed E-state index contributed by atoms with van der Waals surface area (Å²) in [4.78, 5) is 24.7. The van der Waals surface area contributed by atoms with E-state index in [0.29, 0.717) is 50.7 Å². The normalized spacial score (nSPS) is 15.2. The van der Waals surface area contributed by atoms with Crippen molar-refractivity contribution >= 4 is 79.9 Å². The minimum Gasteiger partial charge on any atom is -0.490 e. The molecule has 0 radical (unpaired) electrons. The molecule has 0 fully saturated rings. The van der Waals surface area contributed by atoms with Crippen molar-refractivity contribution in [2.24, 2.45) is 5.10 Å². The number of carbonyl (C=O) groups excluding carboxylic acids is 2. The van der Waals surface area contributed by atoms with Crippen molar-refractivity contribution in [3.63, 3.8) is 0 Å². The first kappa shape index (κ1) is 35.6. The van der Waals surface area contributed by atoms with E-state index in [4.69, 9.17) is 42.1 Å². The van der Waals surface area contributed by atoms with Crippen molar-refractivity contribution < 1.29 is 33.6 Å². The number of carbonyl (C=O) groups is 2. The summed E-state index contributed by atoms with van der Waals surface area (Å²) in [6.45, 7) is 3.83. The Balaban J connectivity index is 1.43. The third kappa shape index (κ3) is 9.18. The Labute approximate surface area is 297 Å². The molecule has 2 amide bonds. The molecular weight excluding hydrogens is 818 g/mol. The van der Waals surface area contributed by atoms with Crippen molar-refractivity contribution in [2.75, 3.05) is 20.3 Å². The van der Waals surface area contributed by atoms with E-state index in [1.807, 2.05) is 25.1 Å². The van der Waals surface area contributed by atoms with Crippen LogP contribution in [0.15, 0.2) is 69.4 Å². The number of aliphatic hydroxyl groups is 1. The highest BCUT2D eigenvalue weighted by molar-refractivity contribution is 14.1. The second-order valence-corrected chi connectivity index (χ2v) is 12.7. The summed E-state index contributed by atoms with van der Waals surface area (Å²) in [5.74, 6) is 0.720. The zero-order valence-corrected chi connectivity index (χ0v) is 30.1. The van der Waals surface area contributed by atoms with Gasteiger partial charge >= 0.3 is 12.0 Å². The first-order valence-corrected chi connectivity index (χ1v) is 16.4. The number of benzene rings is 3. The number of hydrogen-bond acceptors (Lipinski definition) is 9. The van der Waals surface area contributed by atoms with Crippen LogP contribution in [0.1, 0.15) is 36.6 Å². The van der Waals surface area contributed by atoms with E-state index < -0.39 is 24.3 Å². The lowest BCUT2D eigenvalue weighted by Gasteiger charge is -2.28. The van der Waals surface area contributed by atoms with Crippen LogP contribution in [0.3, 0.4) is 0 Å². The number of hydrazone groups is 1. The van der Waals surface area contributed by atoms with Gasteiger partial charge in [-0.2, -0.15) is 5.10 Å². The van der Waals surface area contributed by atoms with Gasteiger partial charge in [-0.25, -0.2) is 9.59 Å². The fraction of sp³-hybridized carbons (Fsp3) is 0.258. The van der Waals surface area contributed by atoms with Crippen LogP contribution in [0, 0.1) is 3.57 Å². The summed E-state index contributed by atoms with van der Waals surface area (Å²) in [6.07, 6.45) is 0.347. The largest absolute Gasteiger partial charge is 0.490 e. The number of nitrogens with one attached hydrogen (secondary N) is 3. The Morgan fingerprint density at radius 3 is 2.63 bits per heavy atom. The molecule has 4 rings (SSSR count). The zero-order chi connectivity index (χ0) is 33.4. The highest BCUT2D eigenvalue weighted by Gasteiger charge is 2.32. The van der Waals surface area contributed by atoms with Gasteiger partial charge in [0.25, 0.3) is 0 Å². The van der Waals surface area contributed by atoms with Crippen molar-refractivity contribution in [2.45, 2.75) is 32.7 Å². The lowest BCUT2D eigenvalue weighted by molar-refractivity contribution is -0.136. The number of rotatable bonds is 13. The van der Waals surface area contributed by atoms with Gasteiger partial charge in [-0.15, -0.1) is 0 Å². The monoisotopic (exact) mass is 846 g/mol. The minimum atomic E-state index is -1.18. The fourth-order valence-electron chi connectivity index (χ4n) is 4.43. The fourth-order valence-corrected chi connectivity index (χ4v) is 6.46. The molecule has 3 aromatic carbocycles. The average Bonchev–Trinajstić information content (AvgIpc) is 3.01. The van der Waals surface area contributed by atoms with Gasteiger partial charge in [-0.3, -0.25) is 5.43 Å². The van der Waals surface area contributed by atoms with Gasteiger partial charge in [-0.1, -0.05) is 51.3 Å². The summed E-state index contributed by atoms with van der Waals surface area (Å²) in [7, 11) is 1.27. The first-order chi connectivity index (χ1) is 22.0. The molecule has 3 aromatic rings. The second-order valence-electron chi connectivity index (χ2n) is 9.76. The minimum absolute atomic E-state index is 0.177. The van der Waals surface area contributed by atoms with Gasteiger partial charge in [-0.05, 0) is 84.0 Å². The van der Waals surface area contributed by atoms with Crippen LogP contribution in [0.25, 0.3) is 0 Å². The smallest absolute Gasteiger partial charge is 0.337 e. The molecule has 0 aromatic heterocycles. The molecule has 2 atom stereocenters. The molecule has 1 heterocycles. The Morgan fingerprint density at radius 1 is 1.13 bits per heavy atom. The lowest BCUT2D eigenvalue weighted by Crippen LogP contribution is -2.45. The molecule has 1 aliphatic heterocycles. The maximum absolute atomic E-state index is 12.5. The van der Waals surface area contributed by atoms with Gasteiger partial charge in [0.15, 0.2) is 17.7 Å².